The number of nitrogens with two attached hydrogens (primary N) is 1. The summed E-state index contributed by atoms with van der Waals surface area (Å²) in [7, 11) is 0. The average Bonchev–Trinajstić information content (AvgIpc) is 2.46. The highest BCUT2D eigenvalue weighted by Gasteiger charge is 2.06. The molecule has 0 aliphatic rings. The summed E-state index contributed by atoms with van der Waals surface area (Å²) in [5, 5.41) is 2.81. The third kappa shape index (κ3) is 3.45. The van der Waals surface area contributed by atoms with E-state index < -0.39 is 5.91 Å². The van der Waals surface area contributed by atoms with Crippen molar-refractivity contribution in [2.45, 2.75) is 13.5 Å². The van der Waals surface area contributed by atoms with E-state index in [0.29, 0.717) is 17.7 Å². The van der Waals surface area contributed by atoms with Gasteiger partial charge in [0.1, 0.15) is 0 Å². The Morgan fingerprint density at radius 1 is 1.05 bits per heavy atom. The Hall–Kier alpha value is -2.62. The Labute approximate surface area is 117 Å². The van der Waals surface area contributed by atoms with E-state index in [4.69, 9.17) is 5.73 Å². The van der Waals surface area contributed by atoms with Crippen LogP contribution in [0.25, 0.3) is 0 Å². The van der Waals surface area contributed by atoms with E-state index in [1.54, 1.807) is 30.3 Å². The van der Waals surface area contributed by atoms with E-state index in [0.717, 1.165) is 11.1 Å². The zero-order valence-electron chi connectivity index (χ0n) is 11.2. The number of hydrogen-bond donors (Lipinski definition) is 2. The number of hydrogen-bond acceptors (Lipinski definition) is 2. The summed E-state index contributed by atoms with van der Waals surface area (Å²) >= 11 is 0. The first kappa shape index (κ1) is 13.8. The van der Waals surface area contributed by atoms with Gasteiger partial charge < -0.3 is 11.1 Å². The van der Waals surface area contributed by atoms with Gasteiger partial charge in [-0.3, -0.25) is 9.59 Å². The Balaban J connectivity index is 2.01. The number of nitrogens with one attached hydrogen (secondary N) is 1. The molecule has 0 aliphatic carbocycles. The SMILES string of the molecule is Cc1ccc(C(=O)NCc2cccc(C(N)=O)c2)cc1. The smallest absolute Gasteiger partial charge is 0.251 e. The van der Waals surface area contributed by atoms with E-state index >= 15 is 0 Å². The molecule has 0 heterocycles. The maximum atomic E-state index is 11.9. The summed E-state index contributed by atoms with van der Waals surface area (Å²) in [5.41, 5.74) is 8.21. The summed E-state index contributed by atoms with van der Waals surface area (Å²) in [6.07, 6.45) is 0. The van der Waals surface area contributed by atoms with Gasteiger partial charge in [0.05, 0.1) is 0 Å². The van der Waals surface area contributed by atoms with Gasteiger partial charge in [0.2, 0.25) is 5.91 Å². The van der Waals surface area contributed by atoms with Gasteiger partial charge in [-0.25, -0.2) is 0 Å². The van der Waals surface area contributed by atoms with E-state index in [1.807, 2.05) is 25.1 Å². The number of aryl methyl sites for hydroxylation is 1. The first-order valence-corrected chi connectivity index (χ1v) is 6.30. The van der Waals surface area contributed by atoms with E-state index in [9.17, 15) is 9.59 Å². The molecule has 0 atom stereocenters. The second-order valence-electron chi connectivity index (χ2n) is 4.61. The maximum Gasteiger partial charge on any atom is 0.251 e. The molecule has 4 heteroatoms. The van der Waals surface area contributed by atoms with Crippen LogP contribution < -0.4 is 11.1 Å². The first-order valence-electron chi connectivity index (χ1n) is 6.30. The molecule has 0 unspecified atom stereocenters. The zero-order valence-corrected chi connectivity index (χ0v) is 11.2. The predicted molar refractivity (Wildman–Crippen MR) is 77.3 cm³/mol. The molecule has 2 aromatic rings. The van der Waals surface area contributed by atoms with Crippen LogP contribution in [0.5, 0.6) is 0 Å². The van der Waals surface area contributed by atoms with Gasteiger partial charge in [-0.05, 0) is 36.8 Å². The molecule has 0 radical (unpaired) electrons. The maximum absolute atomic E-state index is 11.9. The summed E-state index contributed by atoms with van der Waals surface area (Å²) in [5.74, 6) is -0.619. The molecule has 0 aromatic heterocycles. The Kier molecular flexibility index (Phi) is 4.15. The molecular weight excluding hydrogens is 252 g/mol. The largest absolute Gasteiger partial charge is 0.366 e. The van der Waals surface area contributed by atoms with Gasteiger partial charge in [0.15, 0.2) is 0 Å². The Morgan fingerprint density at radius 2 is 1.75 bits per heavy atom. The zero-order chi connectivity index (χ0) is 14.5. The number of amides is 2. The van der Waals surface area contributed by atoms with Crippen molar-refractivity contribution in [1.82, 2.24) is 5.32 Å². The highest BCUT2D eigenvalue weighted by molar-refractivity contribution is 5.94. The predicted octanol–water partition coefficient (Wildman–Crippen LogP) is 2.02. The minimum atomic E-state index is -0.475. The normalized spacial score (nSPS) is 10.1. The third-order valence-corrected chi connectivity index (χ3v) is 2.98. The van der Waals surface area contributed by atoms with Gasteiger partial charge in [-0.2, -0.15) is 0 Å². The minimum absolute atomic E-state index is 0.144. The summed E-state index contributed by atoms with van der Waals surface area (Å²) in [6.45, 7) is 2.32. The highest BCUT2D eigenvalue weighted by atomic mass is 16.2. The number of carbonyl (C=O) groups is 2. The topological polar surface area (TPSA) is 72.2 Å². The molecular formula is C16H16N2O2. The third-order valence-electron chi connectivity index (χ3n) is 2.98. The molecule has 3 N–H and O–H groups in total. The van der Waals surface area contributed by atoms with E-state index in [1.165, 1.54) is 0 Å². The summed E-state index contributed by atoms with van der Waals surface area (Å²) in [4.78, 5) is 23.0. The van der Waals surface area contributed by atoms with Crippen molar-refractivity contribution in [2.24, 2.45) is 5.73 Å². The van der Waals surface area contributed by atoms with Crippen molar-refractivity contribution >= 4 is 11.8 Å². The second-order valence-corrected chi connectivity index (χ2v) is 4.61. The van der Waals surface area contributed by atoms with Gasteiger partial charge >= 0.3 is 0 Å². The number of benzene rings is 2. The average molecular weight is 268 g/mol. The molecule has 0 spiro atoms. The van der Waals surface area contributed by atoms with Crippen LogP contribution in [-0.4, -0.2) is 11.8 Å². The van der Waals surface area contributed by atoms with Crippen LogP contribution in [-0.2, 0) is 6.54 Å². The first-order chi connectivity index (χ1) is 9.56. The highest BCUT2D eigenvalue weighted by Crippen LogP contribution is 2.06. The summed E-state index contributed by atoms with van der Waals surface area (Å²) < 4.78 is 0. The van der Waals surface area contributed by atoms with Crippen molar-refractivity contribution in [2.75, 3.05) is 0 Å². The molecule has 0 bridgehead atoms. The molecule has 2 rings (SSSR count). The molecule has 0 fully saturated rings. The molecule has 4 nitrogen and oxygen atoms in total. The van der Waals surface area contributed by atoms with Gasteiger partial charge in [-0.1, -0.05) is 29.8 Å². The van der Waals surface area contributed by atoms with Crippen LogP contribution in [0.15, 0.2) is 48.5 Å². The minimum Gasteiger partial charge on any atom is -0.366 e. The fraction of sp³-hybridized carbons (Fsp3) is 0.125. The van der Waals surface area contributed by atoms with Crippen LogP contribution in [0.2, 0.25) is 0 Å². The van der Waals surface area contributed by atoms with Gasteiger partial charge in [0, 0.05) is 17.7 Å². The lowest BCUT2D eigenvalue weighted by Gasteiger charge is -2.06. The molecule has 2 aromatic carbocycles. The molecule has 0 aliphatic heterocycles. The molecule has 20 heavy (non-hydrogen) atoms. The fourth-order valence-electron chi connectivity index (χ4n) is 1.82. The van der Waals surface area contributed by atoms with Crippen LogP contribution in [0.1, 0.15) is 31.8 Å². The lowest BCUT2D eigenvalue weighted by molar-refractivity contribution is 0.0950. The molecule has 0 saturated heterocycles. The van der Waals surface area contributed by atoms with Crippen molar-refractivity contribution < 1.29 is 9.59 Å². The molecule has 0 saturated carbocycles. The van der Waals surface area contributed by atoms with Crippen molar-refractivity contribution in [1.29, 1.82) is 0 Å². The number of primary amides is 1. The standard InChI is InChI=1S/C16H16N2O2/c1-11-5-7-13(8-6-11)16(20)18-10-12-3-2-4-14(9-12)15(17)19/h2-9H,10H2,1H3,(H2,17,19)(H,18,20). The van der Waals surface area contributed by atoms with Crippen molar-refractivity contribution in [3.05, 3.63) is 70.8 Å². The summed E-state index contributed by atoms with van der Waals surface area (Å²) in [6, 6.07) is 14.3. The van der Waals surface area contributed by atoms with Crippen LogP contribution in [0.4, 0.5) is 0 Å². The van der Waals surface area contributed by atoms with Gasteiger partial charge in [0.25, 0.3) is 5.91 Å². The van der Waals surface area contributed by atoms with E-state index in [2.05, 4.69) is 5.32 Å². The van der Waals surface area contributed by atoms with E-state index in [-0.39, 0.29) is 5.91 Å². The van der Waals surface area contributed by atoms with Crippen molar-refractivity contribution in [3.8, 4) is 0 Å². The Morgan fingerprint density at radius 3 is 2.40 bits per heavy atom. The second kappa shape index (κ2) is 6.02. The quantitative estimate of drug-likeness (QED) is 0.890. The lowest BCUT2D eigenvalue weighted by atomic mass is 10.1. The fourth-order valence-corrected chi connectivity index (χ4v) is 1.82. The van der Waals surface area contributed by atoms with Crippen LogP contribution >= 0.6 is 0 Å². The van der Waals surface area contributed by atoms with Gasteiger partial charge in [-0.15, -0.1) is 0 Å². The number of rotatable bonds is 4. The lowest BCUT2D eigenvalue weighted by Crippen LogP contribution is -2.23. The van der Waals surface area contributed by atoms with Crippen LogP contribution in [0.3, 0.4) is 0 Å². The monoisotopic (exact) mass is 268 g/mol. The molecule has 102 valence electrons. The van der Waals surface area contributed by atoms with Crippen molar-refractivity contribution in [3.63, 3.8) is 0 Å². The number of carbonyl (C=O) groups excluding carboxylic acids is 2. The van der Waals surface area contributed by atoms with Crippen LogP contribution in [0, 0.1) is 6.92 Å². The Bertz CT molecular complexity index is 633. The molecule has 2 amide bonds.